The second kappa shape index (κ2) is 6.40. The van der Waals surface area contributed by atoms with Crippen molar-refractivity contribution in [1.29, 1.82) is 0 Å². The van der Waals surface area contributed by atoms with E-state index in [1.54, 1.807) is 24.3 Å². The van der Waals surface area contributed by atoms with Crippen molar-refractivity contribution in [2.24, 2.45) is 11.8 Å². The molecule has 1 heterocycles. The molecule has 0 spiro atoms. The number of carboxylic acids is 1. The van der Waals surface area contributed by atoms with Gasteiger partial charge in [0.05, 0.1) is 18.0 Å². The Morgan fingerprint density at radius 2 is 1.96 bits per heavy atom. The molecule has 1 saturated carbocycles. The molecule has 0 bridgehead atoms. The SMILES string of the molecule is O=C1CC(CNC(=O)[C@H]2CC[C@@H](C(=O)O)C2)Oc2ccccc21. The van der Waals surface area contributed by atoms with Crippen LogP contribution >= 0.6 is 0 Å². The van der Waals surface area contributed by atoms with Gasteiger partial charge in [0.25, 0.3) is 0 Å². The molecular weight excluding hydrogens is 298 g/mol. The van der Waals surface area contributed by atoms with E-state index in [4.69, 9.17) is 9.84 Å². The molecule has 1 unspecified atom stereocenters. The first kappa shape index (κ1) is 15.5. The molecule has 23 heavy (non-hydrogen) atoms. The van der Waals surface area contributed by atoms with E-state index in [2.05, 4.69) is 5.32 Å². The highest BCUT2D eigenvalue weighted by molar-refractivity contribution is 5.99. The lowest BCUT2D eigenvalue weighted by Crippen LogP contribution is -2.40. The van der Waals surface area contributed by atoms with Crippen LogP contribution in [0.1, 0.15) is 36.0 Å². The minimum Gasteiger partial charge on any atom is -0.487 e. The van der Waals surface area contributed by atoms with Crippen LogP contribution in [0.15, 0.2) is 24.3 Å². The first-order chi connectivity index (χ1) is 11.0. The van der Waals surface area contributed by atoms with Gasteiger partial charge in [0.15, 0.2) is 5.78 Å². The van der Waals surface area contributed by atoms with Crippen LogP contribution in [0.5, 0.6) is 5.75 Å². The number of carbonyl (C=O) groups is 3. The summed E-state index contributed by atoms with van der Waals surface area (Å²) in [6, 6.07) is 7.07. The highest BCUT2D eigenvalue weighted by Crippen LogP contribution is 2.31. The lowest BCUT2D eigenvalue weighted by molar-refractivity contribution is -0.141. The largest absolute Gasteiger partial charge is 0.487 e. The molecule has 0 saturated heterocycles. The summed E-state index contributed by atoms with van der Waals surface area (Å²) in [6.07, 6.45) is 1.38. The molecule has 1 aromatic rings. The second-order valence-electron chi connectivity index (χ2n) is 6.15. The van der Waals surface area contributed by atoms with E-state index in [0.29, 0.717) is 30.6 Å². The highest BCUT2D eigenvalue weighted by atomic mass is 16.5. The van der Waals surface area contributed by atoms with Gasteiger partial charge in [-0.3, -0.25) is 14.4 Å². The van der Waals surface area contributed by atoms with E-state index < -0.39 is 11.9 Å². The number of hydrogen-bond donors (Lipinski definition) is 2. The predicted octanol–water partition coefficient (Wildman–Crippen LogP) is 1.64. The van der Waals surface area contributed by atoms with Gasteiger partial charge in [0.2, 0.25) is 5.91 Å². The summed E-state index contributed by atoms with van der Waals surface area (Å²) in [4.78, 5) is 35.1. The average molecular weight is 317 g/mol. The Morgan fingerprint density at radius 1 is 1.22 bits per heavy atom. The van der Waals surface area contributed by atoms with Gasteiger partial charge >= 0.3 is 5.97 Å². The number of para-hydroxylation sites is 1. The quantitative estimate of drug-likeness (QED) is 0.880. The van der Waals surface area contributed by atoms with Crippen molar-refractivity contribution in [3.05, 3.63) is 29.8 Å². The molecule has 1 aliphatic carbocycles. The summed E-state index contributed by atoms with van der Waals surface area (Å²) in [5, 5.41) is 11.8. The molecule has 6 nitrogen and oxygen atoms in total. The van der Waals surface area contributed by atoms with E-state index in [-0.39, 0.29) is 36.7 Å². The molecule has 122 valence electrons. The Bertz CT molecular complexity index is 642. The zero-order valence-corrected chi connectivity index (χ0v) is 12.7. The van der Waals surface area contributed by atoms with Crippen molar-refractivity contribution >= 4 is 17.7 Å². The molecule has 0 radical (unpaired) electrons. The summed E-state index contributed by atoms with van der Waals surface area (Å²) < 4.78 is 5.75. The van der Waals surface area contributed by atoms with Gasteiger partial charge in [-0.25, -0.2) is 0 Å². The first-order valence-electron chi connectivity index (χ1n) is 7.84. The van der Waals surface area contributed by atoms with Crippen LogP contribution in [0.2, 0.25) is 0 Å². The molecule has 2 N–H and O–H groups in total. The molecule has 1 aromatic carbocycles. The third-order valence-corrected chi connectivity index (χ3v) is 4.55. The minimum absolute atomic E-state index is 0.0120. The molecule has 2 aliphatic rings. The maximum Gasteiger partial charge on any atom is 0.306 e. The Kier molecular flexibility index (Phi) is 4.32. The van der Waals surface area contributed by atoms with Crippen LogP contribution in [0.3, 0.4) is 0 Å². The summed E-state index contributed by atoms with van der Waals surface area (Å²) in [7, 11) is 0. The molecule has 3 atom stereocenters. The van der Waals surface area contributed by atoms with E-state index in [1.165, 1.54) is 0 Å². The van der Waals surface area contributed by atoms with Crippen LogP contribution in [0, 0.1) is 11.8 Å². The monoisotopic (exact) mass is 317 g/mol. The van der Waals surface area contributed by atoms with Crippen LogP contribution in [0.25, 0.3) is 0 Å². The lowest BCUT2D eigenvalue weighted by Gasteiger charge is -2.25. The third-order valence-electron chi connectivity index (χ3n) is 4.55. The number of rotatable bonds is 4. The van der Waals surface area contributed by atoms with Crippen LogP contribution in [0.4, 0.5) is 0 Å². The molecule has 1 fully saturated rings. The van der Waals surface area contributed by atoms with Gasteiger partial charge in [-0.05, 0) is 31.4 Å². The van der Waals surface area contributed by atoms with Crippen molar-refractivity contribution in [3.8, 4) is 5.75 Å². The summed E-state index contributed by atoms with van der Waals surface area (Å²) in [5.41, 5.74) is 0.579. The zero-order valence-electron chi connectivity index (χ0n) is 12.7. The molecule has 6 heteroatoms. The maximum atomic E-state index is 12.1. The van der Waals surface area contributed by atoms with Gasteiger partial charge in [0.1, 0.15) is 11.9 Å². The van der Waals surface area contributed by atoms with Crippen molar-refractivity contribution in [1.82, 2.24) is 5.32 Å². The van der Waals surface area contributed by atoms with Crippen LogP contribution in [-0.2, 0) is 9.59 Å². The van der Waals surface area contributed by atoms with Gasteiger partial charge in [-0.1, -0.05) is 12.1 Å². The Labute approximate surface area is 133 Å². The number of carboxylic acid groups (broad SMARTS) is 1. The maximum absolute atomic E-state index is 12.1. The minimum atomic E-state index is -0.835. The van der Waals surface area contributed by atoms with Crippen LogP contribution < -0.4 is 10.1 Å². The molecule has 3 rings (SSSR count). The smallest absolute Gasteiger partial charge is 0.306 e. The number of benzene rings is 1. The lowest BCUT2D eigenvalue weighted by atomic mass is 10.0. The summed E-state index contributed by atoms with van der Waals surface area (Å²) >= 11 is 0. The Hall–Kier alpha value is -2.37. The van der Waals surface area contributed by atoms with E-state index >= 15 is 0 Å². The Morgan fingerprint density at radius 3 is 2.70 bits per heavy atom. The second-order valence-corrected chi connectivity index (χ2v) is 6.15. The zero-order chi connectivity index (χ0) is 16.4. The van der Waals surface area contributed by atoms with Gasteiger partial charge in [-0.2, -0.15) is 0 Å². The van der Waals surface area contributed by atoms with Crippen molar-refractivity contribution in [2.75, 3.05) is 6.54 Å². The van der Waals surface area contributed by atoms with E-state index in [1.807, 2.05) is 0 Å². The molecular formula is C17H19NO5. The molecule has 1 aliphatic heterocycles. The number of amides is 1. The average Bonchev–Trinajstić information content (AvgIpc) is 3.03. The third kappa shape index (κ3) is 3.36. The first-order valence-corrected chi connectivity index (χ1v) is 7.84. The molecule has 1 amide bonds. The summed E-state index contributed by atoms with van der Waals surface area (Å²) in [5.74, 6) is -1.11. The van der Waals surface area contributed by atoms with Crippen molar-refractivity contribution < 1.29 is 24.2 Å². The fraction of sp³-hybridized carbons (Fsp3) is 0.471. The van der Waals surface area contributed by atoms with Gasteiger partial charge in [0, 0.05) is 12.3 Å². The van der Waals surface area contributed by atoms with Gasteiger partial charge in [-0.15, -0.1) is 0 Å². The number of carbonyl (C=O) groups excluding carboxylic acids is 2. The molecule has 0 aromatic heterocycles. The normalized spacial score (nSPS) is 26.3. The number of ketones is 1. The van der Waals surface area contributed by atoms with Gasteiger partial charge < -0.3 is 15.2 Å². The number of nitrogens with one attached hydrogen (secondary N) is 1. The van der Waals surface area contributed by atoms with Crippen molar-refractivity contribution in [3.63, 3.8) is 0 Å². The standard InChI is InChI=1S/C17H19NO5/c19-14-8-12(23-15-4-2-1-3-13(14)15)9-18-16(20)10-5-6-11(7-10)17(21)22/h1-4,10-12H,5-9H2,(H,18,20)(H,21,22)/t10-,11+,12?/m0/s1. The topological polar surface area (TPSA) is 92.7 Å². The van der Waals surface area contributed by atoms with E-state index in [9.17, 15) is 14.4 Å². The van der Waals surface area contributed by atoms with E-state index in [0.717, 1.165) is 0 Å². The fourth-order valence-corrected chi connectivity index (χ4v) is 3.25. The number of fused-ring (bicyclic) bond motifs is 1. The summed E-state index contributed by atoms with van der Waals surface area (Å²) in [6.45, 7) is 0.257. The number of Topliss-reactive ketones (excluding diaryl/α,β-unsaturated/α-hetero) is 1. The number of ether oxygens (including phenoxy) is 1. The van der Waals surface area contributed by atoms with Crippen LogP contribution in [-0.4, -0.2) is 35.4 Å². The number of aliphatic carboxylic acids is 1. The number of hydrogen-bond acceptors (Lipinski definition) is 4. The Balaban J connectivity index is 1.53. The fourth-order valence-electron chi connectivity index (χ4n) is 3.25. The van der Waals surface area contributed by atoms with Crippen molar-refractivity contribution in [2.45, 2.75) is 31.8 Å². The highest BCUT2D eigenvalue weighted by Gasteiger charge is 2.34. The predicted molar refractivity (Wildman–Crippen MR) is 81.3 cm³/mol.